The van der Waals surface area contributed by atoms with Crippen molar-refractivity contribution < 1.29 is 13.2 Å². The number of benzene rings is 5. The quantitative estimate of drug-likeness (QED) is 0.180. The second-order valence-electron chi connectivity index (χ2n) is 12.3. The van der Waals surface area contributed by atoms with Gasteiger partial charge in [0.25, 0.3) is 10.0 Å². The molecule has 0 atom stereocenters. The highest BCUT2D eigenvalue weighted by Gasteiger charge is 2.32. The largest absolute Gasteiger partial charge is 0.354 e. The fourth-order valence-corrected chi connectivity index (χ4v) is 6.93. The SMILES string of the molecule is Cc1ccc(N=C2C(Nc3ccc(C)cc3)=CC(=O)c3c2c2cc(NS(=O)(=O)c4ccc(C)cc4)ccc2n3-c2ccc(C)cc2)cc1. The number of aliphatic imine (C=N–C) groups is 1. The van der Waals surface area contributed by atoms with Crippen LogP contribution in [-0.2, 0) is 10.0 Å². The molecule has 7 rings (SSSR count). The summed E-state index contributed by atoms with van der Waals surface area (Å²) in [7, 11) is -3.88. The van der Waals surface area contributed by atoms with Crippen molar-refractivity contribution in [1.29, 1.82) is 0 Å². The lowest BCUT2D eigenvalue weighted by atomic mass is 9.94. The Balaban J connectivity index is 1.47. The highest BCUT2D eigenvalue weighted by Crippen LogP contribution is 2.38. The normalized spacial score (nSPS) is 13.8. The van der Waals surface area contributed by atoms with E-state index in [1.807, 2.05) is 111 Å². The van der Waals surface area contributed by atoms with Crippen LogP contribution in [0.1, 0.15) is 38.3 Å². The molecule has 0 fully saturated rings. The van der Waals surface area contributed by atoms with E-state index in [-0.39, 0.29) is 10.7 Å². The first-order valence-electron chi connectivity index (χ1n) is 15.7. The monoisotopic (exact) mass is 650 g/mol. The number of ketones is 1. The number of rotatable bonds is 7. The molecule has 1 aliphatic carbocycles. The van der Waals surface area contributed by atoms with E-state index in [1.165, 1.54) is 0 Å². The molecule has 8 heteroatoms. The number of nitrogens with zero attached hydrogens (tertiary/aromatic N) is 2. The molecular formula is C40H34N4O3S. The number of sulfonamides is 1. The van der Waals surface area contributed by atoms with Crippen LogP contribution in [0.3, 0.4) is 0 Å². The number of anilines is 2. The first kappa shape index (κ1) is 30.9. The Morgan fingerprint density at radius 1 is 0.646 bits per heavy atom. The van der Waals surface area contributed by atoms with Crippen molar-refractivity contribution in [2.45, 2.75) is 32.6 Å². The van der Waals surface area contributed by atoms with Gasteiger partial charge < -0.3 is 9.88 Å². The van der Waals surface area contributed by atoms with Crippen LogP contribution in [0.15, 0.2) is 137 Å². The van der Waals surface area contributed by atoms with Gasteiger partial charge in [0.05, 0.1) is 27.5 Å². The van der Waals surface area contributed by atoms with E-state index in [1.54, 1.807) is 42.5 Å². The second-order valence-corrected chi connectivity index (χ2v) is 13.9. The summed E-state index contributed by atoms with van der Waals surface area (Å²) < 4.78 is 31.6. The van der Waals surface area contributed by atoms with Gasteiger partial charge in [0.1, 0.15) is 5.69 Å². The van der Waals surface area contributed by atoms with E-state index >= 15 is 0 Å². The number of aryl methyl sites for hydroxylation is 4. The summed E-state index contributed by atoms with van der Waals surface area (Å²) in [6.45, 7) is 7.97. The molecule has 7 nitrogen and oxygen atoms in total. The molecule has 1 heterocycles. The van der Waals surface area contributed by atoms with Gasteiger partial charge >= 0.3 is 0 Å². The Kier molecular flexibility index (Phi) is 7.81. The van der Waals surface area contributed by atoms with Crippen molar-refractivity contribution in [3.05, 3.63) is 161 Å². The maximum absolute atomic E-state index is 14.2. The summed E-state index contributed by atoms with van der Waals surface area (Å²) in [4.78, 5) is 19.5. The topological polar surface area (TPSA) is 92.6 Å². The fourth-order valence-electron chi connectivity index (χ4n) is 5.88. The van der Waals surface area contributed by atoms with Crippen LogP contribution >= 0.6 is 0 Å². The molecule has 5 aromatic carbocycles. The molecular weight excluding hydrogens is 617 g/mol. The Labute approximate surface area is 280 Å². The number of fused-ring (bicyclic) bond motifs is 3. The van der Waals surface area contributed by atoms with Gasteiger partial charge in [-0.05, 0) is 94.4 Å². The molecule has 0 saturated heterocycles. The van der Waals surface area contributed by atoms with Gasteiger partial charge in [0.15, 0.2) is 0 Å². The highest BCUT2D eigenvalue weighted by molar-refractivity contribution is 7.92. The lowest BCUT2D eigenvalue weighted by Gasteiger charge is -2.20. The van der Waals surface area contributed by atoms with E-state index in [4.69, 9.17) is 4.99 Å². The Hall–Kier alpha value is -5.73. The van der Waals surface area contributed by atoms with E-state index in [2.05, 4.69) is 10.0 Å². The average Bonchev–Trinajstić information content (AvgIpc) is 3.40. The predicted octanol–water partition coefficient (Wildman–Crippen LogP) is 8.98. The molecule has 0 unspecified atom stereocenters. The molecule has 0 bridgehead atoms. The Bertz CT molecular complexity index is 2370. The van der Waals surface area contributed by atoms with Crippen LogP contribution in [-0.4, -0.2) is 24.5 Å². The fraction of sp³-hybridized carbons (Fsp3) is 0.100. The molecule has 0 spiro atoms. The Morgan fingerprint density at radius 3 is 1.81 bits per heavy atom. The zero-order chi connectivity index (χ0) is 33.6. The number of carbonyl (C=O) groups is 1. The third-order valence-electron chi connectivity index (χ3n) is 8.45. The van der Waals surface area contributed by atoms with Crippen LogP contribution in [0.2, 0.25) is 0 Å². The third-order valence-corrected chi connectivity index (χ3v) is 9.85. The standard InChI is InChI=1S/C40H34N4O3S/c1-25-5-13-29(14-6-25)41-35-24-37(45)40-38(39(35)42-30-15-7-26(2)8-16-30)34-23-31(43-48(46,47)33-20-11-28(4)12-21-33)17-22-36(34)44(40)32-18-9-27(3)10-19-32/h5-24,41,43H,1-4H3. The highest BCUT2D eigenvalue weighted by atomic mass is 32.2. The van der Waals surface area contributed by atoms with Crippen LogP contribution in [0, 0.1) is 27.7 Å². The third kappa shape index (κ3) is 5.94. The molecule has 0 amide bonds. The average molecular weight is 651 g/mol. The van der Waals surface area contributed by atoms with Crippen LogP contribution in [0.5, 0.6) is 0 Å². The molecule has 0 aliphatic heterocycles. The van der Waals surface area contributed by atoms with Crippen molar-refractivity contribution >= 4 is 49.5 Å². The van der Waals surface area contributed by atoms with Gasteiger partial charge in [-0.2, -0.15) is 0 Å². The Morgan fingerprint density at radius 2 is 1.19 bits per heavy atom. The van der Waals surface area contributed by atoms with E-state index < -0.39 is 10.0 Å². The zero-order valence-electron chi connectivity index (χ0n) is 27.1. The van der Waals surface area contributed by atoms with Crippen LogP contribution < -0.4 is 10.0 Å². The van der Waals surface area contributed by atoms with Gasteiger partial charge in [-0.25, -0.2) is 13.4 Å². The molecule has 238 valence electrons. The summed E-state index contributed by atoms with van der Waals surface area (Å²) in [5.74, 6) is -0.193. The molecule has 0 saturated carbocycles. The number of hydrogen-bond acceptors (Lipinski definition) is 5. The summed E-state index contributed by atoms with van der Waals surface area (Å²) in [5, 5.41) is 4.14. The minimum absolute atomic E-state index is 0.164. The lowest BCUT2D eigenvalue weighted by Crippen LogP contribution is -2.23. The van der Waals surface area contributed by atoms with E-state index in [9.17, 15) is 13.2 Å². The predicted molar refractivity (Wildman–Crippen MR) is 195 cm³/mol. The molecule has 48 heavy (non-hydrogen) atoms. The maximum atomic E-state index is 14.2. The molecule has 2 N–H and O–H groups in total. The minimum Gasteiger partial charge on any atom is -0.354 e. The van der Waals surface area contributed by atoms with Gasteiger partial charge in [0.2, 0.25) is 5.78 Å². The zero-order valence-corrected chi connectivity index (χ0v) is 27.9. The first-order valence-corrected chi connectivity index (χ1v) is 17.1. The summed E-state index contributed by atoms with van der Waals surface area (Å²) >= 11 is 0. The minimum atomic E-state index is -3.88. The van der Waals surface area contributed by atoms with Crippen molar-refractivity contribution in [3.8, 4) is 5.69 Å². The number of carbonyl (C=O) groups excluding carboxylic acids is 1. The number of aromatic nitrogens is 1. The first-order chi connectivity index (χ1) is 23.1. The van der Waals surface area contributed by atoms with Crippen molar-refractivity contribution in [2.75, 3.05) is 10.0 Å². The van der Waals surface area contributed by atoms with Gasteiger partial charge in [-0.1, -0.05) is 70.8 Å². The van der Waals surface area contributed by atoms with Crippen molar-refractivity contribution in [3.63, 3.8) is 0 Å². The van der Waals surface area contributed by atoms with E-state index in [0.29, 0.717) is 33.7 Å². The van der Waals surface area contributed by atoms with Gasteiger partial charge in [-0.3, -0.25) is 9.52 Å². The maximum Gasteiger partial charge on any atom is 0.261 e. The molecule has 0 radical (unpaired) electrons. The summed E-state index contributed by atoms with van der Waals surface area (Å²) in [5.41, 5.74) is 9.93. The summed E-state index contributed by atoms with van der Waals surface area (Å²) in [6, 6.07) is 35.9. The van der Waals surface area contributed by atoms with Crippen LogP contribution in [0.25, 0.3) is 16.6 Å². The van der Waals surface area contributed by atoms with E-state index in [0.717, 1.165) is 44.8 Å². The van der Waals surface area contributed by atoms with Crippen molar-refractivity contribution in [2.24, 2.45) is 4.99 Å². The van der Waals surface area contributed by atoms with Gasteiger partial charge in [-0.15, -0.1) is 0 Å². The number of nitrogens with one attached hydrogen (secondary N) is 2. The summed E-state index contributed by atoms with van der Waals surface area (Å²) in [6.07, 6.45) is 1.60. The molecule has 1 aliphatic rings. The number of hydrogen-bond donors (Lipinski definition) is 2. The van der Waals surface area contributed by atoms with Crippen molar-refractivity contribution in [1.82, 2.24) is 4.57 Å². The second kappa shape index (κ2) is 12.1. The van der Waals surface area contributed by atoms with Gasteiger partial charge in [0, 0.05) is 34.1 Å². The smallest absolute Gasteiger partial charge is 0.261 e. The number of allylic oxidation sites excluding steroid dienone is 2. The van der Waals surface area contributed by atoms with Crippen LogP contribution in [0.4, 0.5) is 17.1 Å². The lowest BCUT2D eigenvalue weighted by molar-refractivity contribution is 0.103. The molecule has 6 aromatic rings. The molecule has 1 aromatic heterocycles.